The van der Waals surface area contributed by atoms with Gasteiger partial charge in [0.25, 0.3) is 0 Å². The second kappa shape index (κ2) is 3.76. The normalized spacial score (nSPS) is 8.45. The number of benzene rings is 1. The molecule has 0 aliphatic rings. The second-order valence-corrected chi connectivity index (χ2v) is 2.18. The number of amides is 1. The molecular formula is C9H13NO. The number of primary amides is 1. The molecule has 0 spiro atoms. The minimum absolute atomic E-state index is 0. The minimum Gasteiger partial charge on any atom is -0.366 e. The highest BCUT2D eigenvalue weighted by Crippen LogP contribution is 2.04. The summed E-state index contributed by atoms with van der Waals surface area (Å²) < 4.78 is 0. The maximum absolute atomic E-state index is 10.6. The van der Waals surface area contributed by atoms with Gasteiger partial charge in [-0.15, -0.1) is 0 Å². The summed E-state index contributed by atoms with van der Waals surface area (Å²) in [6, 6.07) is 7.26. The zero-order valence-electron chi connectivity index (χ0n) is 5.79. The van der Waals surface area contributed by atoms with Crippen LogP contribution < -0.4 is 5.73 Å². The smallest absolute Gasteiger partial charge is 0.248 e. The monoisotopic (exact) mass is 151 g/mol. The maximum atomic E-state index is 10.6. The van der Waals surface area contributed by atoms with Crippen molar-refractivity contribution in [3.63, 3.8) is 0 Å². The summed E-state index contributed by atoms with van der Waals surface area (Å²) in [4.78, 5) is 10.6. The highest BCUT2D eigenvalue weighted by atomic mass is 16.1. The van der Waals surface area contributed by atoms with E-state index >= 15 is 0 Å². The summed E-state index contributed by atoms with van der Waals surface area (Å²) in [5.41, 5.74) is 6.60. The van der Waals surface area contributed by atoms with Crippen LogP contribution in [0, 0.1) is 6.92 Å². The molecule has 0 fully saturated rings. The van der Waals surface area contributed by atoms with Gasteiger partial charge in [0, 0.05) is 5.56 Å². The van der Waals surface area contributed by atoms with Crippen LogP contribution in [0.3, 0.4) is 0 Å². The van der Waals surface area contributed by atoms with E-state index in [9.17, 15) is 4.79 Å². The molecule has 0 radical (unpaired) electrons. The van der Waals surface area contributed by atoms with Crippen molar-refractivity contribution in [2.45, 2.75) is 14.4 Å². The first kappa shape index (κ1) is 9.69. The Morgan fingerprint density at radius 2 is 1.91 bits per heavy atom. The van der Waals surface area contributed by atoms with Crippen molar-refractivity contribution < 1.29 is 4.79 Å². The van der Waals surface area contributed by atoms with E-state index in [0.717, 1.165) is 5.56 Å². The Hall–Kier alpha value is -1.31. The molecule has 0 aromatic heterocycles. The van der Waals surface area contributed by atoms with Crippen molar-refractivity contribution in [1.82, 2.24) is 0 Å². The summed E-state index contributed by atoms with van der Waals surface area (Å²) >= 11 is 0. The summed E-state index contributed by atoms with van der Waals surface area (Å²) in [7, 11) is 0. The number of carbonyl (C=O) groups excluding carboxylic acids is 1. The van der Waals surface area contributed by atoms with Gasteiger partial charge in [0.2, 0.25) is 5.91 Å². The highest BCUT2D eigenvalue weighted by Gasteiger charge is 2.00. The van der Waals surface area contributed by atoms with E-state index in [0.29, 0.717) is 5.56 Å². The van der Waals surface area contributed by atoms with Gasteiger partial charge < -0.3 is 5.73 Å². The van der Waals surface area contributed by atoms with Crippen LogP contribution in [0.5, 0.6) is 0 Å². The summed E-state index contributed by atoms with van der Waals surface area (Å²) in [6.45, 7) is 1.86. The number of hydrogen-bond donors (Lipinski definition) is 1. The predicted octanol–water partition coefficient (Wildman–Crippen LogP) is 1.73. The number of rotatable bonds is 1. The average Bonchev–Trinajstić information content (AvgIpc) is 1.88. The van der Waals surface area contributed by atoms with Gasteiger partial charge in [-0.3, -0.25) is 4.79 Å². The summed E-state index contributed by atoms with van der Waals surface area (Å²) in [6.07, 6.45) is 0. The molecule has 0 heterocycles. The standard InChI is InChI=1S/C8H9NO.CH4/c1-6-4-2-3-5-7(6)8(9)10;/h2-5H,1H3,(H2,9,10);1H4. The van der Waals surface area contributed by atoms with Gasteiger partial charge in [-0.05, 0) is 18.6 Å². The number of carbonyl (C=O) groups is 1. The van der Waals surface area contributed by atoms with Crippen molar-refractivity contribution >= 4 is 5.91 Å². The third kappa shape index (κ3) is 2.08. The molecule has 2 N–H and O–H groups in total. The first-order valence-electron chi connectivity index (χ1n) is 3.07. The van der Waals surface area contributed by atoms with Gasteiger partial charge >= 0.3 is 0 Å². The third-order valence-corrected chi connectivity index (χ3v) is 1.41. The maximum Gasteiger partial charge on any atom is 0.248 e. The van der Waals surface area contributed by atoms with Crippen molar-refractivity contribution in [3.05, 3.63) is 35.4 Å². The minimum atomic E-state index is -0.363. The van der Waals surface area contributed by atoms with Crippen LogP contribution in [-0.2, 0) is 0 Å². The Labute approximate surface area is 67.0 Å². The zero-order valence-corrected chi connectivity index (χ0v) is 5.79. The summed E-state index contributed by atoms with van der Waals surface area (Å²) in [5, 5.41) is 0. The number of nitrogens with two attached hydrogens (primary N) is 1. The van der Waals surface area contributed by atoms with Crippen LogP contribution in [-0.4, -0.2) is 5.91 Å². The lowest BCUT2D eigenvalue weighted by atomic mass is 10.1. The third-order valence-electron chi connectivity index (χ3n) is 1.41. The predicted molar refractivity (Wildman–Crippen MR) is 46.4 cm³/mol. The molecule has 2 heteroatoms. The van der Waals surface area contributed by atoms with E-state index in [2.05, 4.69) is 0 Å². The molecule has 0 atom stereocenters. The molecule has 2 nitrogen and oxygen atoms in total. The van der Waals surface area contributed by atoms with Gasteiger partial charge in [-0.25, -0.2) is 0 Å². The Kier molecular flexibility index (Phi) is 3.31. The van der Waals surface area contributed by atoms with E-state index in [4.69, 9.17) is 5.73 Å². The average molecular weight is 151 g/mol. The van der Waals surface area contributed by atoms with Crippen LogP contribution >= 0.6 is 0 Å². The fourth-order valence-corrected chi connectivity index (χ4v) is 0.849. The first-order chi connectivity index (χ1) is 4.72. The van der Waals surface area contributed by atoms with Crippen LogP contribution in [0.1, 0.15) is 23.3 Å². The summed E-state index contributed by atoms with van der Waals surface area (Å²) in [5.74, 6) is -0.363. The van der Waals surface area contributed by atoms with E-state index in [1.54, 1.807) is 12.1 Å². The second-order valence-electron chi connectivity index (χ2n) is 2.18. The number of aryl methyl sites for hydroxylation is 1. The van der Waals surface area contributed by atoms with E-state index in [1.165, 1.54) is 0 Å². The molecule has 0 saturated carbocycles. The first-order valence-corrected chi connectivity index (χ1v) is 3.07. The molecule has 0 unspecified atom stereocenters. The Morgan fingerprint density at radius 1 is 1.36 bits per heavy atom. The van der Waals surface area contributed by atoms with E-state index in [-0.39, 0.29) is 13.3 Å². The van der Waals surface area contributed by atoms with E-state index < -0.39 is 0 Å². The molecule has 1 rings (SSSR count). The fraction of sp³-hybridized carbons (Fsp3) is 0.222. The molecule has 60 valence electrons. The van der Waals surface area contributed by atoms with Crippen molar-refractivity contribution in [2.24, 2.45) is 5.73 Å². The van der Waals surface area contributed by atoms with Gasteiger partial charge in [0.15, 0.2) is 0 Å². The molecule has 0 aliphatic heterocycles. The van der Waals surface area contributed by atoms with Crippen LogP contribution in [0.2, 0.25) is 0 Å². The Bertz CT molecular complexity index is 255. The van der Waals surface area contributed by atoms with Gasteiger partial charge in [0.05, 0.1) is 0 Å². The van der Waals surface area contributed by atoms with Gasteiger partial charge in [-0.2, -0.15) is 0 Å². The SMILES string of the molecule is C.Cc1ccccc1C(N)=O. The quantitative estimate of drug-likeness (QED) is 0.652. The lowest BCUT2D eigenvalue weighted by Gasteiger charge is -1.97. The largest absolute Gasteiger partial charge is 0.366 e. The van der Waals surface area contributed by atoms with Crippen LogP contribution in [0.15, 0.2) is 24.3 Å². The Morgan fingerprint density at radius 3 is 2.27 bits per heavy atom. The molecule has 0 aliphatic carbocycles. The molecular weight excluding hydrogens is 138 g/mol. The number of hydrogen-bond acceptors (Lipinski definition) is 1. The van der Waals surface area contributed by atoms with Gasteiger partial charge in [0.1, 0.15) is 0 Å². The molecule has 0 bridgehead atoms. The van der Waals surface area contributed by atoms with Crippen molar-refractivity contribution in [2.75, 3.05) is 0 Å². The zero-order chi connectivity index (χ0) is 7.56. The molecule has 1 amide bonds. The molecule has 0 saturated heterocycles. The fourth-order valence-electron chi connectivity index (χ4n) is 0.849. The van der Waals surface area contributed by atoms with Crippen LogP contribution in [0.25, 0.3) is 0 Å². The molecule has 1 aromatic carbocycles. The molecule has 1 aromatic rings. The van der Waals surface area contributed by atoms with Crippen molar-refractivity contribution in [3.8, 4) is 0 Å². The van der Waals surface area contributed by atoms with Crippen LogP contribution in [0.4, 0.5) is 0 Å². The van der Waals surface area contributed by atoms with Crippen molar-refractivity contribution in [1.29, 1.82) is 0 Å². The topological polar surface area (TPSA) is 43.1 Å². The highest BCUT2D eigenvalue weighted by molar-refractivity contribution is 5.94. The lowest BCUT2D eigenvalue weighted by molar-refractivity contribution is 0.0999. The lowest BCUT2D eigenvalue weighted by Crippen LogP contribution is -2.12. The molecule has 11 heavy (non-hydrogen) atoms. The van der Waals surface area contributed by atoms with E-state index in [1.807, 2.05) is 19.1 Å². The Balaban J connectivity index is 0.000001000. The van der Waals surface area contributed by atoms with Gasteiger partial charge in [-0.1, -0.05) is 25.6 Å².